The summed E-state index contributed by atoms with van der Waals surface area (Å²) in [5.74, 6) is 0.0529. The van der Waals surface area contributed by atoms with Crippen molar-refractivity contribution < 1.29 is 14.6 Å². The predicted molar refractivity (Wildman–Crippen MR) is 103 cm³/mol. The number of amides is 1. The standard InChI is InChI=1S/C22H26N2O3/c25-14-17-8-6-16(7-9-17)10-22(26)23-19-11-20-15-27-21(13-24(20)12-19)18-4-2-1-3-5-18/h1-9,19-21,25H,10-15H2,(H,23,26)/t19-,20-,21+/m0/s1. The third kappa shape index (κ3) is 4.38. The van der Waals surface area contributed by atoms with Crippen LogP contribution >= 0.6 is 0 Å². The molecule has 0 aromatic heterocycles. The van der Waals surface area contributed by atoms with Crippen molar-refractivity contribution >= 4 is 5.91 Å². The molecule has 4 rings (SSSR count). The number of rotatable bonds is 5. The first kappa shape index (κ1) is 18.2. The minimum absolute atomic E-state index is 0.0256. The molecule has 0 aliphatic carbocycles. The second-order valence-corrected chi connectivity index (χ2v) is 7.49. The predicted octanol–water partition coefficient (Wildman–Crippen LogP) is 2.05. The molecule has 2 aliphatic heterocycles. The normalized spacial score (nSPS) is 25.1. The number of carbonyl (C=O) groups is 1. The van der Waals surface area contributed by atoms with Crippen molar-refractivity contribution in [1.82, 2.24) is 10.2 Å². The van der Waals surface area contributed by atoms with Gasteiger partial charge in [0.15, 0.2) is 0 Å². The van der Waals surface area contributed by atoms with E-state index in [0.717, 1.165) is 30.6 Å². The summed E-state index contributed by atoms with van der Waals surface area (Å²) in [5, 5.41) is 12.3. The zero-order valence-corrected chi connectivity index (χ0v) is 15.4. The van der Waals surface area contributed by atoms with E-state index < -0.39 is 0 Å². The number of benzene rings is 2. The SMILES string of the molecule is O=C(Cc1ccc(CO)cc1)N[C@H]1C[C@H]2CO[C@@H](c3ccccc3)CN2C1. The molecule has 2 aliphatic rings. The molecule has 1 amide bonds. The summed E-state index contributed by atoms with van der Waals surface area (Å²) >= 11 is 0. The maximum atomic E-state index is 12.4. The van der Waals surface area contributed by atoms with Gasteiger partial charge in [0, 0.05) is 25.2 Å². The Morgan fingerprint density at radius 1 is 1.07 bits per heavy atom. The number of hydrogen-bond acceptors (Lipinski definition) is 4. The smallest absolute Gasteiger partial charge is 0.224 e. The summed E-state index contributed by atoms with van der Waals surface area (Å²) in [4.78, 5) is 14.9. The molecule has 5 nitrogen and oxygen atoms in total. The van der Waals surface area contributed by atoms with Crippen LogP contribution in [0.15, 0.2) is 54.6 Å². The third-order valence-corrected chi connectivity index (χ3v) is 5.52. The molecule has 27 heavy (non-hydrogen) atoms. The average Bonchev–Trinajstić information content (AvgIpc) is 3.10. The molecule has 0 saturated carbocycles. The molecule has 2 N–H and O–H groups in total. The Morgan fingerprint density at radius 3 is 2.56 bits per heavy atom. The van der Waals surface area contributed by atoms with Crippen LogP contribution in [0.5, 0.6) is 0 Å². The maximum Gasteiger partial charge on any atom is 0.224 e. The van der Waals surface area contributed by atoms with E-state index in [-0.39, 0.29) is 24.7 Å². The molecule has 3 atom stereocenters. The fraction of sp³-hybridized carbons (Fsp3) is 0.409. The van der Waals surface area contributed by atoms with Crippen molar-refractivity contribution in [2.75, 3.05) is 19.7 Å². The van der Waals surface area contributed by atoms with E-state index in [0.29, 0.717) is 19.1 Å². The summed E-state index contributed by atoms with van der Waals surface area (Å²) in [6.45, 7) is 2.50. The number of aliphatic hydroxyl groups excluding tert-OH is 1. The summed E-state index contributed by atoms with van der Waals surface area (Å²) in [6.07, 6.45) is 1.43. The fourth-order valence-electron chi connectivity index (χ4n) is 4.07. The number of fused-ring (bicyclic) bond motifs is 1. The Morgan fingerprint density at radius 2 is 1.81 bits per heavy atom. The zero-order valence-electron chi connectivity index (χ0n) is 15.4. The number of hydrogen-bond donors (Lipinski definition) is 2. The highest BCUT2D eigenvalue weighted by Crippen LogP contribution is 2.30. The van der Waals surface area contributed by atoms with Crippen molar-refractivity contribution in [1.29, 1.82) is 0 Å². The van der Waals surface area contributed by atoms with E-state index in [2.05, 4.69) is 22.3 Å². The van der Waals surface area contributed by atoms with Crippen LogP contribution in [-0.4, -0.2) is 47.7 Å². The Balaban J connectivity index is 1.29. The van der Waals surface area contributed by atoms with Crippen LogP contribution in [0.3, 0.4) is 0 Å². The van der Waals surface area contributed by atoms with Gasteiger partial charge in [-0.3, -0.25) is 9.69 Å². The second-order valence-electron chi connectivity index (χ2n) is 7.49. The summed E-state index contributed by atoms with van der Waals surface area (Å²) in [7, 11) is 0. The number of morpholine rings is 1. The Bertz CT molecular complexity index is 763. The average molecular weight is 366 g/mol. The highest BCUT2D eigenvalue weighted by molar-refractivity contribution is 5.78. The van der Waals surface area contributed by atoms with Crippen molar-refractivity contribution in [3.63, 3.8) is 0 Å². The number of ether oxygens (including phenoxy) is 1. The van der Waals surface area contributed by atoms with Crippen molar-refractivity contribution in [2.24, 2.45) is 0 Å². The van der Waals surface area contributed by atoms with Crippen LogP contribution in [0, 0.1) is 0 Å². The minimum Gasteiger partial charge on any atom is -0.392 e. The van der Waals surface area contributed by atoms with Gasteiger partial charge in [-0.1, -0.05) is 54.6 Å². The van der Waals surface area contributed by atoms with Gasteiger partial charge in [0.2, 0.25) is 5.91 Å². The van der Waals surface area contributed by atoms with E-state index in [4.69, 9.17) is 9.84 Å². The zero-order chi connectivity index (χ0) is 18.6. The van der Waals surface area contributed by atoms with E-state index in [9.17, 15) is 4.79 Å². The molecule has 0 radical (unpaired) electrons. The quantitative estimate of drug-likeness (QED) is 0.850. The number of carbonyl (C=O) groups excluding carboxylic acids is 1. The highest BCUT2D eigenvalue weighted by Gasteiger charge is 2.38. The largest absolute Gasteiger partial charge is 0.392 e. The van der Waals surface area contributed by atoms with Crippen LogP contribution in [0.4, 0.5) is 0 Å². The Hall–Kier alpha value is -2.21. The topological polar surface area (TPSA) is 61.8 Å². The van der Waals surface area contributed by atoms with E-state index >= 15 is 0 Å². The first-order valence-corrected chi connectivity index (χ1v) is 9.60. The Kier molecular flexibility index (Phi) is 5.53. The van der Waals surface area contributed by atoms with Gasteiger partial charge in [0.05, 0.1) is 25.7 Å². The lowest BCUT2D eigenvalue weighted by molar-refractivity contribution is -0.121. The third-order valence-electron chi connectivity index (χ3n) is 5.52. The van der Waals surface area contributed by atoms with Crippen LogP contribution in [0.2, 0.25) is 0 Å². The van der Waals surface area contributed by atoms with Gasteiger partial charge in [-0.2, -0.15) is 0 Å². The first-order valence-electron chi connectivity index (χ1n) is 9.60. The summed E-state index contributed by atoms with van der Waals surface area (Å²) < 4.78 is 6.07. The van der Waals surface area contributed by atoms with Crippen LogP contribution < -0.4 is 5.32 Å². The highest BCUT2D eigenvalue weighted by atomic mass is 16.5. The van der Waals surface area contributed by atoms with Crippen LogP contribution in [-0.2, 0) is 22.6 Å². The minimum atomic E-state index is 0.0256. The molecule has 0 bridgehead atoms. The molecular formula is C22H26N2O3. The lowest BCUT2D eigenvalue weighted by Crippen LogP contribution is -2.43. The number of nitrogens with one attached hydrogen (secondary N) is 1. The van der Waals surface area contributed by atoms with E-state index in [1.807, 2.05) is 42.5 Å². The lowest BCUT2D eigenvalue weighted by atomic mass is 10.1. The second kappa shape index (κ2) is 8.21. The molecule has 142 valence electrons. The van der Waals surface area contributed by atoms with Crippen LogP contribution in [0.25, 0.3) is 0 Å². The van der Waals surface area contributed by atoms with Gasteiger partial charge in [-0.15, -0.1) is 0 Å². The number of aliphatic hydroxyl groups is 1. The van der Waals surface area contributed by atoms with Crippen molar-refractivity contribution in [2.45, 2.75) is 37.6 Å². The van der Waals surface area contributed by atoms with Gasteiger partial charge in [-0.05, 0) is 23.1 Å². The Labute approximate surface area is 160 Å². The van der Waals surface area contributed by atoms with Gasteiger partial charge >= 0.3 is 0 Å². The molecule has 2 fully saturated rings. The molecule has 0 spiro atoms. The monoisotopic (exact) mass is 366 g/mol. The fourth-order valence-corrected chi connectivity index (χ4v) is 4.07. The van der Waals surface area contributed by atoms with Crippen LogP contribution in [0.1, 0.15) is 29.2 Å². The molecule has 2 saturated heterocycles. The van der Waals surface area contributed by atoms with E-state index in [1.54, 1.807) is 0 Å². The van der Waals surface area contributed by atoms with E-state index in [1.165, 1.54) is 5.56 Å². The molecule has 2 aromatic carbocycles. The van der Waals surface area contributed by atoms with Gasteiger partial charge in [0.1, 0.15) is 0 Å². The van der Waals surface area contributed by atoms with Crippen molar-refractivity contribution in [3.05, 3.63) is 71.3 Å². The molecule has 5 heteroatoms. The molecule has 2 heterocycles. The van der Waals surface area contributed by atoms with Crippen molar-refractivity contribution in [3.8, 4) is 0 Å². The summed E-state index contributed by atoms with van der Waals surface area (Å²) in [5.41, 5.74) is 3.04. The number of nitrogens with zero attached hydrogens (tertiary/aromatic N) is 1. The maximum absolute atomic E-state index is 12.4. The molecular weight excluding hydrogens is 340 g/mol. The first-order chi connectivity index (χ1) is 13.2. The lowest BCUT2D eigenvalue weighted by Gasteiger charge is -2.35. The summed E-state index contributed by atoms with van der Waals surface area (Å²) in [6, 6.07) is 18.4. The molecule has 2 aromatic rings. The van der Waals surface area contributed by atoms with Gasteiger partial charge in [-0.25, -0.2) is 0 Å². The molecule has 0 unspecified atom stereocenters. The van der Waals surface area contributed by atoms with Gasteiger partial charge < -0.3 is 15.2 Å². The van der Waals surface area contributed by atoms with Gasteiger partial charge in [0.25, 0.3) is 0 Å².